The summed E-state index contributed by atoms with van der Waals surface area (Å²) in [6, 6.07) is 42.5. The zero-order chi connectivity index (χ0) is 31.1. The highest BCUT2D eigenvalue weighted by molar-refractivity contribution is 6.39. The quantitative estimate of drug-likeness (QED) is 0.198. The van der Waals surface area contributed by atoms with E-state index in [9.17, 15) is 19.2 Å². The first-order valence-corrected chi connectivity index (χ1v) is 14.8. The van der Waals surface area contributed by atoms with Gasteiger partial charge in [0.25, 0.3) is 0 Å². The largest absolute Gasteiger partial charge is 0.289 e. The van der Waals surface area contributed by atoms with E-state index in [2.05, 4.69) is 0 Å². The Labute approximate surface area is 264 Å². The highest BCUT2D eigenvalue weighted by atomic mass is 35.5. The predicted octanol–water partition coefficient (Wildman–Crippen LogP) is 8.91. The Morgan fingerprint density at radius 2 is 0.667 bits per heavy atom. The average Bonchev–Trinajstić information content (AvgIpc) is 3.10. The fraction of sp³-hybridized carbons (Fsp3) is 0. The van der Waals surface area contributed by atoms with Crippen LogP contribution in [0.1, 0.15) is 63.7 Å². The minimum atomic E-state index is -0.180. The molecule has 0 amide bonds. The van der Waals surface area contributed by atoms with Crippen LogP contribution in [-0.4, -0.2) is 23.1 Å². The van der Waals surface area contributed by atoms with E-state index >= 15 is 0 Å². The molecule has 0 N–H and O–H groups in total. The Morgan fingerprint density at radius 3 is 1.11 bits per heavy atom. The van der Waals surface area contributed by atoms with Gasteiger partial charge in [-0.05, 0) is 40.5 Å². The van der Waals surface area contributed by atoms with Crippen molar-refractivity contribution in [1.29, 1.82) is 0 Å². The molecule has 4 nitrogen and oxygen atoms in total. The lowest BCUT2D eigenvalue weighted by Crippen LogP contribution is -2.21. The molecule has 0 unspecified atom stereocenters. The van der Waals surface area contributed by atoms with Crippen molar-refractivity contribution in [3.05, 3.63) is 189 Å². The lowest BCUT2D eigenvalue weighted by molar-refractivity contribution is 0.0979. The molecule has 214 valence electrons. The Hall–Kier alpha value is -5.71. The molecule has 45 heavy (non-hydrogen) atoms. The molecular weight excluding hydrogens is 580 g/mol. The maximum absolute atomic E-state index is 13.1. The van der Waals surface area contributed by atoms with Crippen LogP contribution in [0.15, 0.2) is 140 Å². The van der Waals surface area contributed by atoms with Gasteiger partial charge in [0.1, 0.15) is 0 Å². The molecule has 0 bridgehead atoms. The minimum absolute atomic E-state index is 0.0954. The standard InChI is InChI=1S/C26H16O2.C14H7ClO2/c27-25-19-13-7-8-14-20(19)26(28)24-16-22(18-11-5-2-6-12-18)21(15-23(24)25)17-9-3-1-4-10-17;15-11-7-3-6-10-12(11)14(17)9-5-2-1-4-8(9)13(10)16/h1-16H;1-7H. The maximum Gasteiger partial charge on any atom is 0.196 e. The number of carbonyl (C=O) groups excluding carboxylic acids is 4. The van der Waals surface area contributed by atoms with Crippen LogP contribution >= 0.6 is 11.6 Å². The Morgan fingerprint density at radius 1 is 0.311 bits per heavy atom. The van der Waals surface area contributed by atoms with Gasteiger partial charge < -0.3 is 0 Å². The molecule has 0 spiro atoms. The summed E-state index contributed by atoms with van der Waals surface area (Å²) in [7, 11) is 0. The zero-order valence-electron chi connectivity index (χ0n) is 23.8. The average molecular weight is 603 g/mol. The van der Waals surface area contributed by atoms with E-state index in [0.29, 0.717) is 49.5 Å². The van der Waals surface area contributed by atoms with E-state index in [1.807, 2.05) is 72.8 Å². The number of ketones is 4. The summed E-state index contributed by atoms with van der Waals surface area (Å²) in [5.74, 6) is -0.512. The van der Waals surface area contributed by atoms with Crippen LogP contribution in [0.5, 0.6) is 0 Å². The number of benzene rings is 6. The summed E-state index contributed by atoms with van der Waals surface area (Å²) in [5, 5.41) is 0.329. The van der Waals surface area contributed by atoms with Crippen LogP contribution in [-0.2, 0) is 0 Å². The number of fused-ring (bicyclic) bond motifs is 4. The number of carbonyl (C=O) groups is 4. The topological polar surface area (TPSA) is 68.3 Å². The normalized spacial score (nSPS) is 12.7. The zero-order valence-corrected chi connectivity index (χ0v) is 24.5. The second-order valence-electron chi connectivity index (χ2n) is 10.7. The van der Waals surface area contributed by atoms with E-state index in [1.54, 1.807) is 66.7 Å². The second-order valence-corrected chi connectivity index (χ2v) is 11.2. The summed E-state index contributed by atoms with van der Waals surface area (Å²) in [4.78, 5) is 50.7. The number of hydrogen-bond acceptors (Lipinski definition) is 4. The number of halogens is 1. The van der Waals surface area contributed by atoms with Crippen molar-refractivity contribution in [2.75, 3.05) is 0 Å². The van der Waals surface area contributed by atoms with E-state index in [4.69, 9.17) is 11.6 Å². The molecule has 2 aliphatic rings. The van der Waals surface area contributed by atoms with Gasteiger partial charge in [-0.1, -0.05) is 133 Å². The van der Waals surface area contributed by atoms with Crippen LogP contribution < -0.4 is 0 Å². The van der Waals surface area contributed by atoms with Crippen molar-refractivity contribution in [3.63, 3.8) is 0 Å². The third-order valence-electron chi connectivity index (χ3n) is 8.13. The van der Waals surface area contributed by atoms with Crippen LogP contribution in [0.3, 0.4) is 0 Å². The molecule has 0 radical (unpaired) electrons. The molecule has 0 saturated carbocycles. The van der Waals surface area contributed by atoms with Crippen LogP contribution in [0.4, 0.5) is 0 Å². The van der Waals surface area contributed by atoms with Crippen molar-refractivity contribution in [2.24, 2.45) is 0 Å². The van der Waals surface area contributed by atoms with Gasteiger partial charge in [0.2, 0.25) is 0 Å². The van der Waals surface area contributed by atoms with Gasteiger partial charge in [0.05, 0.1) is 10.6 Å². The van der Waals surface area contributed by atoms with Gasteiger partial charge in [-0.3, -0.25) is 19.2 Å². The molecule has 0 heterocycles. The summed E-state index contributed by atoms with van der Waals surface area (Å²) >= 11 is 6.00. The maximum atomic E-state index is 13.1. The van der Waals surface area contributed by atoms with Crippen molar-refractivity contribution in [1.82, 2.24) is 0 Å². The van der Waals surface area contributed by atoms with Crippen LogP contribution in [0.25, 0.3) is 22.3 Å². The summed E-state index contributed by atoms with van der Waals surface area (Å²) in [5.41, 5.74) is 7.43. The van der Waals surface area contributed by atoms with Crippen molar-refractivity contribution in [2.45, 2.75) is 0 Å². The highest BCUT2D eigenvalue weighted by Gasteiger charge is 2.32. The molecule has 0 aromatic heterocycles. The molecule has 6 aromatic rings. The Bertz CT molecular complexity index is 2090. The first kappa shape index (κ1) is 28.1. The third-order valence-corrected chi connectivity index (χ3v) is 8.45. The van der Waals surface area contributed by atoms with Gasteiger partial charge in [0.15, 0.2) is 23.1 Å². The predicted molar refractivity (Wildman–Crippen MR) is 175 cm³/mol. The fourth-order valence-corrected chi connectivity index (χ4v) is 6.22. The number of rotatable bonds is 2. The SMILES string of the molecule is O=C1c2ccccc2C(=O)c2c(Cl)cccc21.O=C1c2ccccc2C(=O)c2cc(-c3ccccc3)c(-c3ccccc3)cc21. The first-order valence-electron chi connectivity index (χ1n) is 14.4. The van der Waals surface area contributed by atoms with Gasteiger partial charge in [-0.15, -0.1) is 0 Å². The summed E-state index contributed by atoms with van der Waals surface area (Å²) in [6.45, 7) is 0. The monoisotopic (exact) mass is 602 g/mol. The Balaban J connectivity index is 0.000000163. The molecule has 8 rings (SSSR count). The molecular formula is C40H23ClO4. The van der Waals surface area contributed by atoms with Crippen molar-refractivity contribution < 1.29 is 19.2 Å². The van der Waals surface area contributed by atoms with E-state index in [1.165, 1.54) is 0 Å². The second kappa shape index (κ2) is 11.4. The van der Waals surface area contributed by atoms with Gasteiger partial charge in [-0.25, -0.2) is 0 Å². The first-order chi connectivity index (χ1) is 21.9. The molecule has 2 aliphatic carbocycles. The Kier molecular flexibility index (Phi) is 7.13. The molecule has 0 fully saturated rings. The van der Waals surface area contributed by atoms with Crippen LogP contribution in [0.2, 0.25) is 5.02 Å². The molecule has 0 aliphatic heterocycles. The lowest BCUT2D eigenvalue weighted by atomic mass is 9.80. The fourth-order valence-electron chi connectivity index (χ4n) is 5.96. The minimum Gasteiger partial charge on any atom is -0.289 e. The van der Waals surface area contributed by atoms with E-state index in [-0.39, 0.29) is 23.1 Å². The van der Waals surface area contributed by atoms with E-state index < -0.39 is 0 Å². The summed E-state index contributed by atoms with van der Waals surface area (Å²) in [6.07, 6.45) is 0. The third kappa shape index (κ3) is 4.82. The van der Waals surface area contributed by atoms with Gasteiger partial charge >= 0.3 is 0 Å². The molecule has 6 aromatic carbocycles. The molecule has 5 heteroatoms. The van der Waals surface area contributed by atoms with E-state index in [0.717, 1.165) is 22.3 Å². The van der Waals surface area contributed by atoms with Crippen molar-refractivity contribution >= 4 is 34.7 Å². The smallest absolute Gasteiger partial charge is 0.196 e. The highest BCUT2D eigenvalue weighted by Crippen LogP contribution is 2.38. The van der Waals surface area contributed by atoms with Gasteiger partial charge in [0, 0.05) is 38.9 Å². The summed E-state index contributed by atoms with van der Waals surface area (Å²) < 4.78 is 0. The number of hydrogen-bond donors (Lipinski definition) is 0. The van der Waals surface area contributed by atoms with Crippen molar-refractivity contribution in [3.8, 4) is 22.3 Å². The molecule has 0 saturated heterocycles. The van der Waals surface area contributed by atoms with Crippen LogP contribution in [0, 0.1) is 0 Å². The lowest BCUT2D eigenvalue weighted by Gasteiger charge is -2.21. The molecule has 0 atom stereocenters. The van der Waals surface area contributed by atoms with Gasteiger partial charge in [-0.2, -0.15) is 0 Å².